The second kappa shape index (κ2) is 4.77. The van der Waals surface area contributed by atoms with Crippen molar-refractivity contribution in [1.29, 1.82) is 0 Å². The van der Waals surface area contributed by atoms with Gasteiger partial charge in [-0.3, -0.25) is 9.36 Å². The molecule has 1 amide bonds. The van der Waals surface area contributed by atoms with Crippen LogP contribution in [-0.4, -0.2) is 26.0 Å². The molecule has 0 saturated carbocycles. The predicted octanol–water partition coefficient (Wildman–Crippen LogP) is 2.32. The van der Waals surface area contributed by atoms with Gasteiger partial charge in [-0.25, -0.2) is 4.98 Å². The molecule has 2 heterocycles. The molecule has 19 heavy (non-hydrogen) atoms. The summed E-state index contributed by atoms with van der Waals surface area (Å²) >= 11 is 5.24. The van der Waals surface area contributed by atoms with Crippen LogP contribution in [-0.2, 0) is 11.3 Å². The van der Waals surface area contributed by atoms with Crippen LogP contribution in [0.3, 0.4) is 0 Å². The van der Waals surface area contributed by atoms with Crippen LogP contribution >= 0.6 is 12.2 Å². The Bertz CT molecular complexity index is 678. The Kier molecular flexibility index (Phi) is 3.45. The minimum absolute atomic E-state index is 0.0761. The summed E-state index contributed by atoms with van der Waals surface area (Å²) in [6, 6.07) is 3.83. The lowest BCUT2D eigenvalue weighted by Gasteiger charge is -2.20. The lowest BCUT2D eigenvalue weighted by molar-refractivity contribution is -0.123. The Balaban J connectivity index is 2.35. The molecule has 2 aromatic rings. The predicted molar refractivity (Wildman–Crippen MR) is 77.6 cm³/mol. The molecule has 0 atom stereocenters. The largest absolute Gasteiger partial charge is 0.350 e. The third-order valence-corrected chi connectivity index (χ3v) is 2.90. The highest BCUT2D eigenvalue weighted by molar-refractivity contribution is 7.71. The van der Waals surface area contributed by atoms with Crippen molar-refractivity contribution in [2.24, 2.45) is 0 Å². The van der Waals surface area contributed by atoms with Crippen molar-refractivity contribution in [3.63, 3.8) is 0 Å². The van der Waals surface area contributed by atoms with E-state index in [4.69, 9.17) is 12.2 Å². The second-order valence-electron chi connectivity index (χ2n) is 5.64. The van der Waals surface area contributed by atoms with E-state index < -0.39 is 0 Å². The van der Waals surface area contributed by atoms with Crippen molar-refractivity contribution in [2.75, 3.05) is 0 Å². The molecule has 2 N–H and O–H groups in total. The van der Waals surface area contributed by atoms with Crippen LogP contribution in [0.2, 0.25) is 0 Å². The van der Waals surface area contributed by atoms with Crippen LogP contribution in [0, 0.1) is 11.7 Å². The molecule has 102 valence electrons. The Morgan fingerprint density at radius 2 is 2.16 bits per heavy atom. The Morgan fingerprint density at radius 1 is 1.47 bits per heavy atom. The van der Waals surface area contributed by atoms with Crippen LogP contribution in [0.25, 0.3) is 11.2 Å². The molecule has 6 heteroatoms. The van der Waals surface area contributed by atoms with Gasteiger partial charge < -0.3 is 10.3 Å². The highest BCUT2D eigenvalue weighted by atomic mass is 32.1. The number of pyridine rings is 1. The maximum Gasteiger partial charge on any atom is 0.240 e. The molecule has 0 bridgehead atoms. The Hall–Kier alpha value is -1.69. The number of hydrogen-bond acceptors (Lipinski definition) is 3. The van der Waals surface area contributed by atoms with Gasteiger partial charge in [-0.05, 0) is 52.0 Å². The van der Waals surface area contributed by atoms with Gasteiger partial charge in [-0.1, -0.05) is 0 Å². The monoisotopic (exact) mass is 278 g/mol. The fraction of sp³-hybridized carbons (Fsp3) is 0.462. The molecule has 0 radical (unpaired) electrons. The fourth-order valence-corrected chi connectivity index (χ4v) is 2.13. The van der Waals surface area contributed by atoms with Gasteiger partial charge in [0.2, 0.25) is 5.91 Å². The van der Waals surface area contributed by atoms with Gasteiger partial charge in [-0.15, -0.1) is 0 Å². The smallest absolute Gasteiger partial charge is 0.240 e. The first-order valence-electron chi connectivity index (χ1n) is 6.13. The molecular formula is C13H18N4OS. The van der Waals surface area contributed by atoms with Gasteiger partial charge in [0.1, 0.15) is 6.54 Å². The summed E-state index contributed by atoms with van der Waals surface area (Å²) in [5.74, 6) is -0.0761. The first-order chi connectivity index (χ1) is 8.76. The number of aromatic amines is 1. The quantitative estimate of drug-likeness (QED) is 0.829. The molecule has 2 aromatic heterocycles. The summed E-state index contributed by atoms with van der Waals surface area (Å²) in [7, 11) is 0. The summed E-state index contributed by atoms with van der Waals surface area (Å²) in [4.78, 5) is 19.5. The third kappa shape index (κ3) is 3.20. The third-order valence-electron chi connectivity index (χ3n) is 2.57. The van der Waals surface area contributed by atoms with Crippen molar-refractivity contribution >= 4 is 29.3 Å². The highest BCUT2D eigenvalue weighted by Crippen LogP contribution is 2.12. The number of nitrogens with zero attached hydrogens (tertiary/aromatic N) is 2. The van der Waals surface area contributed by atoms with Crippen LogP contribution in [0.4, 0.5) is 0 Å². The van der Waals surface area contributed by atoms with E-state index in [1.165, 1.54) is 0 Å². The summed E-state index contributed by atoms with van der Waals surface area (Å²) in [6.45, 7) is 7.92. The van der Waals surface area contributed by atoms with Crippen LogP contribution in [0.15, 0.2) is 12.1 Å². The van der Waals surface area contributed by atoms with Gasteiger partial charge in [0.15, 0.2) is 10.4 Å². The number of nitrogens with one attached hydrogen (secondary N) is 2. The van der Waals surface area contributed by atoms with Gasteiger partial charge in [0.05, 0.1) is 5.52 Å². The molecule has 0 aromatic carbocycles. The summed E-state index contributed by atoms with van der Waals surface area (Å²) < 4.78 is 2.23. The van der Waals surface area contributed by atoms with Crippen molar-refractivity contribution in [2.45, 2.75) is 39.8 Å². The molecule has 5 nitrogen and oxygen atoms in total. The average molecular weight is 278 g/mol. The standard InChI is InChI=1S/C13H18N4OS/c1-8-5-6-9-11(14-8)17(12(19)15-9)7-10(18)16-13(2,3)4/h5-6H,7H2,1-4H3,(H,15,19)(H,16,18). The number of carbonyl (C=O) groups is 1. The fourth-order valence-electron chi connectivity index (χ4n) is 1.87. The van der Waals surface area contributed by atoms with Crippen molar-refractivity contribution < 1.29 is 4.79 Å². The Labute approximate surface area is 117 Å². The van der Waals surface area contributed by atoms with Gasteiger partial charge >= 0.3 is 0 Å². The number of carbonyl (C=O) groups excluding carboxylic acids is 1. The number of aryl methyl sites for hydroxylation is 1. The minimum atomic E-state index is -0.255. The van der Waals surface area contributed by atoms with Crippen molar-refractivity contribution in [3.05, 3.63) is 22.6 Å². The zero-order valence-corrected chi connectivity index (χ0v) is 12.4. The van der Waals surface area contributed by atoms with Gasteiger partial charge in [0.25, 0.3) is 0 Å². The van der Waals surface area contributed by atoms with E-state index >= 15 is 0 Å². The van der Waals surface area contributed by atoms with E-state index in [9.17, 15) is 4.79 Å². The normalized spacial score (nSPS) is 11.8. The van der Waals surface area contributed by atoms with E-state index in [0.29, 0.717) is 10.4 Å². The summed E-state index contributed by atoms with van der Waals surface area (Å²) in [5, 5.41) is 2.92. The minimum Gasteiger partial charge on any atom is -0.350 e. The number of aromatic nitrogens is 3. The maximum atomic E-state index is 12.0. The highest BCUT2D eigenvalue weighted by Gasteiger charge is 2.16. The van der Waals surface area contributed by atoms with Gasteiger partial charge in [-0.2, -0.15) is 0 Å². The maximum absolute atomic E-state index is 12.0. The van der Waals surface area contributed by atoms with Crippen molar-refractivity contribution in [1.82, 2.24) is 19.9 Å². The van der Waals surface area contributed by atoms with Gasteiger partial charge in [0, 0.05) is 11.2 Å². The molecule has 0 saturated heterocycles. The average Bonchev–Trinajstić information content (AvgIpc) is 2.53. The molecule has 0 aliphatic heterocycles. The molecule has 0 fully saturated rings. The summed E-state index contributed by atoms with van der Waals surface area (Å²) in [6.07, 6.45) is 0. The van der Waals surface area contributed by atoms with E-state index in [0.717, 1.165) is 11.2 Å². The van der Waals surface area contributed by atoms with E-state index in [1.807, 2.05) is 39.8 Å². The zero-order valence-electron chi connectivity index (χ0n) is 11.6. The molecule has 0 spiro atoms. The Morgan fingerprint density at radius 3 is 2.79 bits per heavy atom. The number of rotatable bonds is 2. The van der Waals surface area contributed by atoms with Crippen LogP contribution in [0.5, 0.6) is 0 Å². The number of hydrogen-bond donors (Lipinski definition) is 2. The number of H-pyrrole nitrogens is 1. The SMILES string of the molecule is Cc1ccc2[nH]c(=S)n(CC(=O)NC(C)(C)C)c2n1. The van der Waals surface area contributed by atoms with E-state index in [2.05, 4.69) is 15.3 Å². The molecule has 2 rings (SSSR count). The van der Waals surface area contributed by atoms with E-state index in [1.54, 1.807) is 4.57 Å². The molecule has 0 aliphatic rings. The van der Waals surface area contributed by atoms with Crippen LogP contribution in [0.1, 0.15) is 26.5 Å². The molecule has 0 aliphatic carbocycles. The lowest BCUT2D eigenvalue weighted by Crippen LogP contribution is -2.42. The summed E-state index contributed by atoms with van der Waals surface area (Å²) in [5.41, 5.74) is 2.20. The number of fused-ring (bicyclic) bond motifs is 1. The van der Waals surface area contributed by atoms with Crippen molar-refractivity contribution in [3.8, 4) is 0 Å². The first kappa shape index (κ1) is 13.7. The zero-order chi connectivity index (χ0) is 14.2. The molecular weight excluding hydrogens is 260 g/mol. The van der Waals surface area contributed by atoms with Crippen LogP contribution < -0.4 is 5.32 Å². The molecule has 0 unspecified atom stereocenters. The first-order valence-corrected chi connectivity index (χ1v) is 6.54. The second-order valence-corrected chi connectivity index (χ2v) is 6.02. The lowest BCUT2D eigenvalue weighted by atomic mass is 10.1. The number of amides is 1. The van der Waals surface area contributed by atoms with E-state index in [-0.39, 0.29) is 18.0 Å². The number of imidazole rings is 1. The topological polar surface area (TPSA) is 62.7 Å².